The third kappa shape index (κ3) is 35.3. The van der Waals surface area contributed by atoms with E-state index in [4.69, 9.17) is 8.22 Å². The van der Waals surface area contributed by atoms with Crippen molar-refractivity contribution in [3.8, 4) is 22.3 Å². The summed E-state index contributed by atoms with van der Waals surface area (Å²) in [4.78, 5) is 0. The van der Waals surface area contributed by atoms with Crippen LogP contribution in [0, 0.1) is 16.7 Å². The molecule has 124 heavy (non-hydrogen) atoms. The van der Waals surface area contributed by atoms with Crippen molar-refractivity contribution in [1.29, 1.82) is 0 Å². The average molecular weight is 1690 g/mol. The van der Waals surface area contributed by atoms with E-state index in [0.717, 1.165) is 47.8 Å². The van der Waals surface area contributed by atoms with Gasteiger partial charge in [-0.15, -0.1) is 0 Å². The molecule has 0 unspecified atom stereocenters. The molecule has 0 aromatic heterocycles. The molecule has 0 radical (unpaired) electrons. The Morgan fingerprint density at radius 3 is 0.984 bits per heavy atom. The smallest absolute Gasteiger partial charge is 0.171 e. The molecular weight excluding hydrogens is 1510 g/mol. The molecule has 0 bridgehead atoms. The van der Waals surface area contributed by atoms with E-state index < -0.39 is 11.6 Å². The third-order valence-corrected chi connectivity index (χ3v) is 23.3. The molecule has 2 aliphatic rings. The number of rotatable bonds is 10. The van der Waals surface area contributed by atoms with Crippen LogP contribution in [0.15, 0.2) is 255 Å². The van der Waals surface area contributed by atoms with Gasteiger partial charge in [-0.3, -0.25) is 0 Å². The summed E-state index contributed by atoms with van der Waals surface area (Å²) in [5.74, 6) is 1.85. The summed E-state index contributed by atoms with van der Waals surface area (Å²) in [6, 6.07) is 76.9. The highest BCUT2D eigenvalue weighted by Crippen LogP contribution is 2.45. The van der Waals surface area contributed by atoms with E-state index in [1.165, 1.54) is 133 Å². The Hall–Kier alpha value is -8.01. The highest BCUT2D eigenvalue weighted by atomic mass is 19.4. The maximum atomic E-state index is 12.9. The van der Waals surface area contributed by atoms with Gasteiger partial charge in [-0.25, -0.2) is 0 Å². The fourth-order valence-corrected chi connectivity index (χ4v) is 16.9. The van der Waals surface area contributed by atoms with Gasteiger partial charge in [0.1, 0.15) is 0 Å². The van der Waals surface area contributed by atoms with Crippen LogP contribution in [0.5, 0.6) is 0 Å². The van der Waals surface area contributed by atoms with E-state index >= 15 is 0 Å². The van der Waals surface area contributed by atoms with Gasteiger partial charge in [0.05, 0.1) is 12.3 Å². The van der Waals surface area contributed by atoms with Crippen LogP contribution in [-0.2, 0) is 62.6 Å². The number of alkyl halides is 3. The Bertz CT molecular complexity index is 5060. The van der Waals surface area contributed by atoms with Crippen molar-refractivity contribution in [1.82, 2.24) is 0 Å². The second-order valence-electron chi connectivity index (χ2n) is 45.7. The molecule has 0 N–H and O–H groups in total. The Morgan fingerprint density at radius 1 is 0.298 bits per heavy atom. The Labute approximate surface area is 767 Å². The Morgan fingerprint density at radius 2 is 0.605 bits per heavy atom. The lowest BCUT2D eigenvalue weighted by molar-refractivity contribution is -0.211. The summed E-state index contributed by atoms with van der Waals surface area (Å²) in [5.41, 5.74) is 22.2. The minimum Gasteiger partial charge on any atom is -0.171 e. The molecule has 0 amide bonds. The van der Waals surface area contributed by atoms with Gasteiger partial charge in [0.25, 0.3) is 0 Å². The van der Waals surface area contributed by atoms with Gasteiger partial charge in [-0.2, -0.15) is 13.2 Å². The van der Waals surface area contributed by atoms with E-state index in [1.807, 2.05) is 77.9 Å². The van der Waals surface area contributed by atoms with Crippen LogP contribution in [0.3, 0.4) is 0 Å². The van der Waals surface area contributed by atoms with Gasteiger partial charge < -0.3 is 0 Å². The zero-order chi connectivity index (χ0) is 98.4. The molecular formula is C121H171F3. The van der Waals surface area contributed by atoms with E-state index in [1.54, 1.807) is 23.3 Å². The van der Waals surface area contributed by atoms with Gasteiger partial charge in [-0.05, 0) is 217 Å². The minimum atomic E-state index is -4.18. The molecule has 0 saturated heterocycles. The summed E-state index contributed by atoms with van der Waals surface area (Å²) in [7, 11) is 0. The molecule has 2 aliphatic carbocycles. The molecule has 0 nitrogen and oxygen atoms in total. The first-order chi connectivity index (χ1) is 59.8. The van der Waals surface area contributed by atoms with Crippen LogP contribution in [-0.4, -0.2) is 6.18 Å². The van der Waals surface area contributed by atoms with Crippen molar-refractivity contribution < 1.29 is 21.4 Å². The standard InChI is InChI=1S/2C16H24.2C16H18.C15H21F3.C15H24.C14H22.C13H20/c4*1-16(2,3)15-12-8-7-11-14(15)13-9-5-4-6-10-13;1-13(2,3)12-9-7-6-8-11(12)10-14(4,5)15(16,17)18;1-14(2,3)11-12-9-7-8-10-13(12)15(4,5)6;1-11(2)10-12-8-6-7-9-13(12)14(3,4)5;1-10(2)11-8-6-7-9-12(11)13(3,4)5/h2*7-8,11-13H,4-6,9-10H2,1-3H3;2*4-12H,1-3H3;6-9H,10H2,1-5H3;7-10H,11H2,1-6H3;6-9,11H,10H2,1-5H3;6-10H,1-5H3/i13D;;4D,5D,6D,9D,10D;;;;;. The fourth-order valence-electron chi connectivity index (χ4n) is 16.9. The normalized spacial score (nSPS) is 14.9. The largest absolute Gasteiger partial charge is 0.394 e. The quantitative estimate of drug-likeness (QED) is 0.128. The molecule has 12 rings (SSSR count). The van der Waals surface area contributed by atoms with Crippen molar-refractivity contribution in [3.05, 3.63) is 333 Å². The van der Waals surface area contributed by atoms with Gasteiger partial charge >= 0.3 is 6.18 Å². The monoisotopic (exact) mass is 1690 g/mol. The highest BCUT2D eigenvalue weighted by Gasteiger charge is 2.47. The molecule has 10 aromatic carbocycles. The first kappa shape index (κ1) is 96.6. The van der Waals surface area contributed by atoms with Crippen LogP contribution < -0.4 is 0 Å². The van der Waals surface area contributed by atoms with Crippen molar-refractivity contribution in [3.63, 3.8) is 0 Å². The summed E-state index contributed by atoms with van der Waals surface area (Å²) in [5, 5.41) is 0. The molecule has 0 spiro atoms. The van der Waals surface area contributed by atoms with Crippen LogP contribution in [0.25, 0.3) is 22.3 Å². The van der Waals surface area contributed by atoms with E-state index in [-0.39, 0.29) is 91.4 Å². The molecule has 0 atom stereocenters. The second kappa shape index (κ2) is 46.6. The molecule has 676 valence electrons. The lowest BCUT2D eigenvalue weighted by Crippen LogP contribution is -2.34. The van der Waals surface area contributed by atoms with Gasteiger partial charge in [0.15, 0.2) is 0 Å². The van der Waals surface area contributed by atoms with Crippen LogP contribution >= 0.6 is 0 Å². The predicted octanol–water partition coefficient (Wildman–Crippen LogP) is 37.3. The van der Waals surface area contributed by atoms with E-state index in [2.05, 4.69) is 349 Å². The molecule has 0 aliphatic heterocycles. The lowest BCUT2D eigenvalue weighted by atomic mass is 9.76. The first-order valence-electron chi connectivity index (χ1n) is 49.7. The van der Waals surface area contributed by atoms with Gasteiger partial charge in [-0.1, -0.05) is 522 Å². The molecule has 2 fully saturated rings. The van der Waals surface area contributed by atoms with E-state index in [9.17, 15) is 13.2 Å². The van der Waals surface area contributed by atoms with Crippen LogP contribution in [0.4, 0.5) is 13.2 Å². The molecule has 3 heteroatoms. The molecule has 2 saturated carbocycles. The average Bonchev–Trinajstić information content (AvgIpc) is 0.766. The van der Waals surface area contributed by atoms with Crippen molar-refractivity contribution in [2.45, 2.75) is 379 Å². The Kier molecular flexibility index (Phi) is 36.3. The second-order valence-corrected chi connectivity index (χ2v) is 45.7. The summed E-state index contributed by atoms with van der Waals surface area (Å²) >= 11 is 0. The minimum absolute atomic E-state index is 0.0178. The number of halogens is 3. The third-order valence-electron chi connectivity index (χ3n) is 23.3. The zero-order valence-electron chi connectivity index (χ0n) is 89.9. The van der Waals surface area contributed by atoms with Crippen LogP contribution in [0.1, 0.15) is 397 Å². The zero-order valence-corrected chi connectivity index (χ0v) is 83.9. The summed E-state index contributed by atoms with van der Waals surface area (Å²) in [6.07, 6.45) is 11.0. The summed E-state index contributed by atoms with van der Waals surface area (Å²) in [6.45, 7) is 71.7. The number of hydrogen-bond donors (Lipinski definition) is 0. The maximum Gasteiger partial charge on any atom is 0.394 e. The topological polar surface area (TPSA) is 0 Å². The maximum absolute atomic E-state index is 12.9. The highest BCUT2D eigenvalue weighted by molar-refractivity contribution is 5.69. The number of hydrogen-bond acceptors (Lipinski definition) is 0. The summed E-state index contributed by atoms with van der Waals surface area (Å²) < 4.78 is 87.1. The van der Waals surface area contributed by atoms with Gasteiger partial charge in [0, 0.05) is 1.37 Å². The number of benzene rings is 10. The van der Waals surface area contributed by atoms with Crippen molar-refractivity contribution >= 4 is 0 Å². The SMILES string of the molecule is CC(C)(C)Cc1ccccc1C(C)(C)C.CC(C)(C)c1ccccc1-c1ccccc1.CC(C)(C)c1ccccc1C1CCCCC1.CC(C)(C)c1ccccc1CC(C)(C)C(F)(F)F.CC(C)Cc1ccccc1C(C)(C)C.CC(C)c1ccccc1C(C)(C)C.[2H]C1(c2ccccc2C(C)(C)C)CCCCC1.[2H]c1c([2H])c([2H])c(-c2ccccc2C(C)(C)C)c([2H])c1[2H]. The van der Waals surface area contributed by atoms with E-state index in [0.29, 0.717) is 16.9 Å². The first-order valence-corrected chi connectivity index (χ1v) is 46.7. The predicted molar refractivity (Wildman–Crippen MR) is 543 cm³/mol. The lowest BCUT2D eigenvalue weighted by Gasteiger charge is -2.31. The van der Waals surface area contributed by atoms with Crippen molar-refractivity contribution in [2.24, 2.45) is 16.7 Å². The molecule has 0 heterocycles. The molecule has 10 aromatic rings. The fraction of sp³-hybridized carbons (Fsp3) is 0.504. The van der Waals surface area contributed by atoms with Crippen molar-refractivity contribution in [2.75, 3.05) is 0 Å². The van der Waals surface area contributed by atoms with Crippen LogP contribution in [0.2, 0.25) is 0 Å². The Balaban J connectivity index is 0.000000264. The van der Waals surface area contributed by atoms with Gasteiger partial charge in [0.2, 0.25) is 0 Å².